The molecule has 0 spiro atoms. The van der Waals surface area contributed by atoms with Crippen molar-refractivity contribution in [1.29, 1.82) is 0 Å². The van der Waals surface area contributed by atoms with Crippen molar-refractivity contribution in [2.75, 3.05) is 6.54 Å². The van der Waals surface area contributed by atoms with Crippen LogP contribution in [0.5, 0.6) is 0 Å². The minimum Gasteiger partial charge on any atom is -0.346 e. The Morgan fingerprint density at radius 3 is 2.81 bits per heavy atom. The van der Waals surface area contributed by atoms with E-state index < -0.39 is 17.2 Å². The number of aromatic nitrogens is 2. The van der Waals surface area contributed by atoms with Gasteiger partial charge in [-0.3, -0.25) is 9.59 Å². The summed E-state index contributed by atoms with van der Waals surface area (Å²) >= 11 is 0. The second kappa shape index (κ2) is 8.42. The van der Waals surface area contributed by atoms with Crippen LogP contribution in [0.3, 0.4) is 0 Å². The lowest BCUT2D eigenvalue weighted by molar-refractivity contribution is 0.0911. The van der Waals surface area contributed by atoms with Crippen LogP contribution in [-0.2, 0) is 0 Å². The van der Waals surface area contributed by atoms with E-state index in [4.69, 9.17) is 0 Å². The Morgan fingerprint density at radius 1 is 1.38 bits per heavy atom. The van der Waals surface area contributed by atoms with Crippen molar-refractivity contribution in [2.45, 2.75) is 38.8 Å². The molecule has 8 heteroatoms. The number of nitrogens with zero attached hydrogens (tertiary/aromatic N) is 2. The number of hydrogen-bond donors (Lipinski definition) is 2. The highest BCUT2D eigenvalue weighted by Crippen LogP contribution is 2.13. The van der Waals surface area contributed by atoms with Gasteiger partial charge >= 0.3 is 0 Å². The van der Waals surface area contributed by atoms with Gasteiger partial charge in [-0.15, -0.1) is 12.4 Å². The number of nitrogens with one attached hydrogen (secondary N) is 2. The Labute approximate surface area is 157 Å². The van der Waals surface area contributed by atoms with Gasteiger partial charge in [0.05, 0.1) is 0 Å². The molecule has 3 rings (SSSR count). The molecule has 1 amide bonds. The summed E-state index contributed by atoms with van der Waals surface area (Å²) in [4.78, 5) is 24.8. The van der Waals surface area contributed by atoms with Crippen LogP contribution in [0, 0.1) is 12.7 Å². The van der Waals surface area contributed by atoms with Crippen LogP contribution in [0.25, 0.3) is 5.69 Å². The highest BCUT2D eigenvalue weighted by molar-refractivity contribution is 5.92. The molecule has 1 aromatic carbocycles. The molecular formula is C18H22ClFN4O2. The van der Waals surface area contributed by atoms with E-state index in [1.54, 1.807) is 25.1 Å². The molecule has 2 atom stereocenters. The summed E-state index contributed by atoms with van der Waals surface area (Å²) < 4.78 is 15.4. The van der Waals surface area contributed by atoms with Gasteiger partial charge in [0.2, 0.25) is 5.43 Å². The van der Waals surface area contributed by atoms with E-state index in [1.807, 2.05) is 6.92 Å². The highest BCUT2D eigenvalue weighted by atomic mass is 35.5. The lowest BCUT2D eigenvalue weighted by Gasteiger charge is -2.30. The third-order valence-corrected chi connectivity index (χ3v) is 4.48. The minimum absolute atomic E-state index is 0. The molecule has 2 aromatic rings. The van der Waals surface area contributed by atoms with Gasteiger partial charge in [0.15, 0.2) is 5.69 Å². The normalized spacial score (nSPS) is 19.5. The fourth-order valence-electron chi connectivity index (χ4n) is 3.05. The van der Waals surface area contributed by atoms with E-state index in [0.717, 1.165) is 19.4 Å². The third kappa shape index (κ3) is 4.11. The second-order valence-electron chi connectivity index (χ2n) is 6.33. The molecule has 1 aliphatic rings. The monoisotopic (exact) mass is 380 g/mol. The van der Waals surface area contributed by atoms with Gasteiger partial charge in [0, 0.05) is 23.8 Å². The van der Waals surface area contributed by atoms with Crippen molar-refractivity contribution in [3.05, 3.63) is 57.8 Å². The van der Waals surface area contributed by atoms with E-state index in [0.29, 0.717) is 5.69 Å². The molecule has 2 unspecified atom stereocenters. The van der Waals surface area contributed by atoms with Gasteiger partial charge in [-0.2, -0.15) is 5.10 Å². The Kier molecular flexibility index (Phi) is 6.50. The average molecular weight is 381 g/mol. The first-order chi connectivity index (χ1) is 12.0. The summed E-state index contributed by atoms with van der Waals surface area (Å²) in [6.45, 7) is 4.55. The molecule has 0 radical (unpaired) electrons. The van der Waals surface area contributed by atoms with Crippen LogP contribution in [-0.4, -0.2) is 34.3 Å². The standard InChI is InChI=1S/C18H21FN4O2.ClH/c1-11-10-16(24)17(18(25)21-14-7-5-9-20-12(14)2)22-23(11)15-8-4-3-6-13(15)19;/h3-4,6,8,10,12,14,20H,5,7,9H2,1-2H3,(H,21,25);1H. The van der Waals surface area contributed by atoms with Crippen molar-refractivity contribution >= 4 is 18.3 Å². The van der Waals surface area contributed by atoms with Gasteiger partial charge in [-0.1, -0.05) is 12.1 Å². The van der Waals surface area contributed by atoms with Gasteiger partial charge in [-0.25, -0.2) is 9.07 Å². The Hall–Kier alpha value is -2.25. The van der Waals surface area contributed by atoms with Crippen molar-refractivity contribution in [3.63, 3.8) is 0 Å². The lowest BCUT2D eigenvalue weighted by Crippen LogP contribution is -2.52. The number of rotatable bonds is 3. The van der Waals surface area contributed by atoms with Crippen LogP contribution in [0.2, 0.25) is 0 Å². The number of hydrogen-bond acceptors (Lipinski definition) is 4. The van der Waals surface area contributed by atoms with Crippen molar-refractivity contribution < 1.29 is 9.18 Å². The van der Waals surface area contributed by atoms with Crippen molar-refractivity contribution in [1.82, 2.24) is 20.4 Å². The molecule has 0 saturated carbocycles. The summed E-state index contributed by atoms with van der Waals surface area (Å²) in [5.74, 6) is -1.01. The maximum Gasteiger partial charge on any atom is 0.276 e. The molecule has 1 aliphatic heterocycles. The SMILES string of the molecule is Cc1cc(=O)c(C(=O)NC2CCCNC2C)nn1-c1ccccc1F.Cl. The molecule has 2 heterocycles. The molecule has 0 aliphatic carbocycles. The zero-order valence-corrected chi connectivity index (χ0v) is 15.5. The summed E-state index contributed by atoms with van der Waals surface area (Å²) in [5.41, 5.74) is -0.0493. The number of halogens is 2. The molecule has 2 N–H and O–H groups in total. The maximum atomic E-state index is 14.1. The average Bonchev–Trinajstić information content (AvgIpc) is 2.58. The molecule has 140 valence electrons. The molecule has 0 bridgehead atoms. The number of piperidine rings is 1. The van der Waals surface area contributed by atoms with Crippen LogP contribution in [0.1, 0.15) is 35.9 Å². The van der Waals surface area contributed by atoms with Gasteiger partial charge < -0.3 is 10.6 Å². The molecule has 1 aromatic heterocycles. The number of amides is 1. The minimum atomic E-state index is -0.532. The zero-order chi connectivity index (χ0) is 18.0. The summed E-state index contributed by atoms with van der Waals surface area (Å²) in [6.07, 6.45) is 1.79. The van der Waals surface area contributed by atoms with Crippen LogP contribution in [0.15, 0.2) is 35.1 Å². The summed E-state index contributed by atoms with van der Waals surface area (Å²) in [7, 11) is 0. The van der Waals surface area contributed by atoms with E-state index in [-0.39, 0.29) is 35.9 Å². The Balaban J connectivity index is 0.00000243. The van der Waals surface area contributed by atoms with Crippen LogP contribution in [0.4, 0.5) is 4.39 Å². The highest BCUT2D eigenvalue weighted by Gasteiger charge is 2.25. The topological polar surface area (TPSA) is 76.0 Å². The number of carbonyl (C=O) groups excluding carboxylic acids is 1. The van der Waals surface area contributed by atoms with E-state index in [9.17, 15) is 14.0 Å². The van der Waals surface area contributed by atoms with Crippen molar-refractivity contribution in [3.8, 4) is 5.69 Å². The molecule has 1 saturated heterocycles. The molecule has 26 heavy (non-hydrogen) atoms. The predicted molar refractivity (Wildman–Crippen MR) is 99.7 cm³/mol. The van der Waals surface area contributed by atoms with E-state index in [1.165, 1.54) is 16.8 Å². The fourth-order valence-corrected chi connectivity index (χ4v) is 3.05. The fraction of sp³-hybridized carbons (Fsp3) is 0.389. The van der Waals surface area contributed by atoms with E-state index in [2.05, 4.69) is 15.7 Å². The van der Waals surface area contributed by atoms with Gasteiger partial charge in [0.25, 0.3) is 5.91 Å². The van der Waals surface area contributed by atoms with Crippen LogP contribution >= 0.6 is 12.4 Å². The largest absolute Gasteiger partial charge is 0.346 e. The summed E-state index contributed by atoms with van der Waals surface area (Å²) in [6, 6.07) is 7.46. The molecular weight excluding hydrogens is 359 g/mol. The first-order valence-corrected chi connectivity index (χ1v) is 8.37. The number of carbonyl (C=O) groups is 1. The zero-order valence-electron chi connectivity index (χ0n) is 14.7. The predicted octanol–water partition coefficient (Wildman–Crippen LogP) is 1.97. The quantitative estimate of drug-likeness (QED) is 0.853. The molecule has 1 fully saturated rings. The number of benzene rings is 1. The summed E-state index contributed by atoms with van der Waals surface area (Å²) in [5, 5.41) is 10.3. The third-order valence-electron chi connectivity index (χ3n) is 4.48. The van der Waals surface area contributed by atoms with Gasteiger partial charge in [0.1, 0.15) is 11.5 Å². The maximum absolute atomic E-state index is 14.1. The number of aryl methyl sites for hydroxylation is 1. The van der Waals surface area contributed by atoms with Crippen molar-refractivity contribution in [2.24, 2.45) is 0 Å². The van der Waals surface area contributed by atoms with Crippen LogP contribution < -0.4 is 16.1 Å². The first-order valence-electron chi connectivity index (χ1n) is 8.37. The smallest absolute Gasteiger partial charge is 0.276 e. The van der Waals surface area contributed by atoms with E-state index >= 15 is 0 Å². The number of para-hydroxylation sites is 1. The van der Waals surface area contributed by atoms with Gasteiger partial charge in [-0.05, 0) is 45.4 Å². The second-order valence-corrected chi connectivity index (χ2v) is 6.33. The lowest BCUT2D eigenvalue weighted by atomic mass is 10.00. The Bertz CT molecular complexity index is 855. The Morgan fingerprint density at radius 2 is 2.12 bits per heavy atom. The first kappa shape index (κ1) is 20.1. The molecule has 6 nitrogen and oxygen atoms in total.